The molecule has 0 N–H and O–H groups in total. The first kappa shape index (κ1) is 9.68. The molecule has 3 nitrogen and oxygen atoms in total. The zero-order valence-corrected chi connectivity index (χ0v) is 9.63. The quantitative estimate of drug-likeness (QED) is 0.798. The van der Waals surface area contributed by atoms with Crippen molar-refractivity contribution in [3.63, 3.8) is 0 Å². The average molecular weight is 274 g/mol. The summed E-state index contributed by atoms with van der Waals surface area (Å²) in [6, 6.07) is 5.49. The first-order chi connectivity index (χ1) is 6.66. The maximum atomic E-state index is 5.72. The van der Waals surface area contributed by atoms with Crippen LogP contribution in [0.15, 0.2) is 27.1 Å². The molecule has 0 spiro atoms. The predicted octanol–water partition coefficient (Wildman–Crippen LogP) is 3.46. The van der Waals surface area contributed by atoms with Crippen LogP contribution in [0.4, 0.5) is 0 Å². The van der Waals surface area contributed by atoms with Crippen LogP contribution in [0.2, 0.25) is 5.15 Å². The van der Waals surface area contributed by atoms with Gasteiger partial charge in [0.1, 0.15) is 11.5 Å². The van der Waals surface area contributed by atoms with E-state index in [0.29, 0.717) is 21.1 Å². The van der Waals surface area contributed by atoms with Crippen molar-refractivity contribution >= 4 is 27.5 Å². The maximum Gasteiger partial charge on any atom is 0.165 e. The van der Waals surface area contributed by atoms with Crippen LogP contribution in [0.25, 0.3) is 11.5 Å². The summed E-state index contributed by atoms with van der Waals surface area (Å²) in [5.41, 5.74) is 0.661. The second-order valence-electron chi connectivity index (χ2n) is 2.78. The summed E-state index contributed by atoms with van der Waals surface area (Å²) in [6.45, 7) is 1.88. The van der Waals surface area contributed by atoms with Gasteiger partial charge in [0.15, 0.2) is 10.9 Å². The fourth-order valence-electron chi connectivity index (χ4n) is 1.05. The largest absolute Gasteiger partial charge is 0.460 e. The predicted molar refractivity (Wildman–Crippen MR) is 57.2 cm³/mol. The highest BCUT2D eigenvalue weighted by Gasteiger charge is 2.07. The standard InChI is InChI=1S/C9H6BrClN2O/c1-5-2-3-8(14-5)7-4-6(10)9(11)13-12-7/h2-4H,1H3. The Kier molecular flexibility index (Phi) is 2.56. The summed E-state index contributed by atoms with van der Waals surface area (Å²) in [6.07, 6.45) is 0. The molecule has 0 aliphatic rings. The summed E-state index contributed by atoms with van der Waals surface area (Å²) in [5.74, 6) is 1.53. The van der Waals surface area contributed by atoms with Crippen molar-refractivity contribution in [3.05, 3.63) is 33.6 Å². The fraction of sp³-hybridized carbons (Fsp3) is 0.111. The molecule has 0 aliphatic heterocycles. The van der Waals surface area contributed by atoms with E-state index in [-0.39, 0.29) is 0 Å². The molecule has 0 radical (unpaired) electrons. The van der Waals surface area contributed by atoms with Crippen molar-refractivity contribution in [2.24, 2.45) is 0 Å². The van der Waals surface area contributed by atoms with Gasteiger partial charge in [-0.25, -0.2) is 0 Å². The molecule has 2 heterocycles. The normalized spacial score (nSPS) is 10.5. The Morgan fingerprint density at radius 3 is 2.71 bits per heavy atom. The highest BCUT2D eigenvalue weighted by molar-refractivity contribution is 9.10. The number of hydrogen-bond acceptors (Lipinski definition) is 3. The van der Waals surface area contributed by atoms with Crippen LogP contribution in [0.5, 0.6) is 0 Å². The van der Waals surface area contributed by atoms with Gasteiger partial charge in [-0.2, -0.15) is 0 Å². The summed E-state index contributed by atoms with van der Waals surface area (Å²) in [5, 5.41) is 8.03. The van der Waals surface area contributed by atoms with E-state index in [2.05, 4.69) is 26.1 Å². The first-order valence-electron chi connectivity index (χ1n) is 3.92. The lowest BCUT2D eigenvalue weighted by atomic mass is 10.3. The van der Waals surface area contributed by atoms with E-state index < -0.39 is 0 Å². The highest BCUT2D eigenvalue weighted by atomic mass is 79.9. The Labute approximate surface area is 94.2 Å². The Morgan fingerprint density at radius 1 is 1.36 bits per heavy atom. The summed E-state index contributed by atoms with van der Waals surface area (Å²) in [7, 11) is 0. The number of aryl methyl sites for hydroxylation is 1. The minimum atomic E-state index is 0.344. The third-order valence-corrected chi connectivity index (χ3v) is 2.81. The smallest absolute Gasteiger partial charge is 0.165 e. The van der Waals surface area contributed by atoms with Crippen LogP contribution in [-0.2, 0) is 0 Å². The van der Waals surface area contributed by atoms with Gasteiger partial charge in [-0.15, -0.1) is 10.2 Å². The zero-order chi connectivity index (χ0) is 10.1. The third-order valence-electron chi connectivity index (χ3n) is 1.70. The van der Waals surface area contributed by atoms with Crippen molar-refractivity contribution < 1.29 is 4.42 Å². The molecule has 0 saturated heterocycles. The van der Waals surface area contributed by atoms with E-state index in [9.17, 15) is 0 Å². The summed E-state index contributed by atoms with van der Waals surface area (Å²) in [4.78, 5) is 0. The second-order valence-corrected chi connectivity index (χ2v) is 3.99. The van der Waals surface area contributed by atoms with Crippen LogP contribution >= 0.6 is 27.5 Å². The molecule has 2 aromatic rings. The number of furan rings is 1. The van der Waals surface area contributed by atoms with Crippen molar-refractivity contribution in [3.8, 4) is 11.5 Å². The van der Waals surface area contributed by atoms with Crippen LogP contribution in [0, 0.1) is 6.92 Å². The summed E-state index contributed by atoms with van der Waals surface area (Å²) >= 11 is 9.00. The van der Waals surface area contributed by atoms with Crippen molar-refractivity contribution in [2.75, 3.05) is 0 Å². The van der Waals surface area contributed by atoms with E-state index in [1.54, 1.807) is 6.07 Å². The van der Waals surface area contributed by atoms with E-state index in [0.717, 1.165) is 5.76 Å². The van der Waals surface area contributed by atoms with Crippen LogP contribution < -0.4 is 0 Å². The van der Waals surface area contributed by atoms with Gasteiger partial charge in [0.25, 0.3) is 0 Å². The molecular weight excluding hydrogens is 267 g/mol. The molecule has 0 bridgehead atoms. The molecule has 5 heteroatoms. The lowest BCUT2D eigenvalue weighted by Crippen LogP contribution is -1.87. The van der Waals surface area contributed by atoms with Gasteiger partial charge in [0, 0.05) is 0 Å². The Bertz CT molecular complexity index is 470. The molecule has 14 heavy (non-hydrogen) atoms. The lowest BCUT2D eigenvalue weighted by Gasteiger charge is -1.97. The third kappa shape index (κ3) is 1.81. The van der Waals surface area contributed by atoms with Crippen molar-refractivity contribution in [2.45, 2.75) is 6.92 Å². The second kappa shape index (κ2) is 3.71. The fourth-order valence-corrected chi connectivity index (χ4v) is 1.44. The van der Waals surface area contributed by atoms with Crippen LogP contribution in [0.3, 0.4) is 0 Å². The molecular formula is C9H6BrClN2O. The molecule has 0 atom stereocenters. The van der Waals surface area contributed by atoms with Crippen molar-refractivity contribution in [1.29, 1.82) is 0 Å². The molecule has 0 saturated carbocycles. The van der Waals surface area contributed by atoms with E-state index >= 15 is 0 Å². The van der Waals surface area contributed by atoms with Gasteiger partial charge in [-0.3, -0.25) is 0 Å². The van der Waals surface area contributed by atoms with Gasteiger partial charge in [0.2, 0.25) is 0 Å². The van der Waals surface area contributed by atoms with Gasteiger partial charge >= 0.3 is 0 Å². The monoisotopic (exact) mass is 272 g/mol. The highest BCUT2D eigenvalue weighted by Crippen LogP contribution is 2.25. The van der Waals surface area contributed by atoms with Gasteiger partial charge < -0.3 is 4.42 Å². The minimum absolute atomic E-state index is 0.344. The number of nitrogens with zero attached hydrogens (tertiary/aromatic N) is 2. The molecule has 2 rings (SSSR count). The number of hydrogen-bond donors (Lipinski definition) is 0. The summed E-state index contributed by atoms with van der Waals surface area (Å²) < 4.78 is 6.10. The van der Waals surface area contributed by atoms with E-state index in [4.69, 9.17) is 16.0 Å². The average Bonchev–Trinajstić information content (AvgIpc) is 2.57. The molecule has 0 unspecified atom stereocenters. The first-order valence-corrected chi connectivity index (χ1v) is 5.09. The molecule has 2 aromatic heterocycles. The van der Waals surface area contributed by atoms with Gasteiger partial charge in [-0.1, -0.05) is 11.6 Å². The maximum absolute atomic E-state index is 5.72. The topological polar surface area (TPSA) is 38.9 Å². The van der Waals surface area contributed by atoms with Gasteiger partial charge in [0.05, 0.1) is 4.47 Å². The van der Waals surface area contributed by atoms with E-state index in [1.165, 1.54) is 0 Å². The zero-order valence-electron chi connectivity index (χ0n) is 7.29. The molecule has 0 aromatic carbocycles. The Balaban J connectivity index is 2.47. The van der Waals surface area contributed by atoms with Crippen LogP contribution in [0.1, 0.15) is 5.76 Å². The number of halogens is 2. The molecule has 0 amide bonds. The molecule has 72 valence electrons. The molecule has 0 fully saturated rings. The van der Waals surface area contributed by atoms with Crippen LogP contribution in [-0.4, -0.2) is 10.2 Å². The Morgan fingerprint density at radius 2 is 2.14 bits per heavy atom. The minimum Gasteiger partial charge on any atom is -0.460 e. The number of rotatable bonds is 1. The van der Waals surface area contributed by atoms with Crippen molar-refractivity contribution in [1.82, 2.24) is 10.2 Å². The van der Waals surface area contributed by atoms with Gasteiger partial charge in [-0.05, 0) is 41.1 Å². The molecule has 0 aliphatic carbocycles. The SMILES string of the molecule is Cc1ccc(-c2cc(Br)c(Cl)nn2)o1. The lowest BCUT2D eigenvalue weighted by molar-refractivity contribution is 0.545. The number of aromatic nitrogens is 2. The van der Waals surface area contributed by atoms with E-state index in [1.807, 2.05) is 19.1 Å². The Hall–Kier alpha value is -0.870.